The molecule has 5 heteroatoms. The summed E-state index contributed by atoms with van der Waals surface area (Å²) in [6.45, 7) is 2.11. The highest BCUT2D eigenvalue weighted by Crippen LogP contribution is 2.27. The van der Waals surface area contributed by atoms with Crippen molar-refractivity contribution in [1.82, 2.24) is 9.55 Å². The zero-order valence-electron chi connectivity index (χ0n) is 10.7. The quantitative estimate of drug-likeness (QED) is 0.824. The van der Waals surface area contributed by atoms with Crippen LogP contribution >= 0.6 is 11.8 Å². The minimum atomic E-state index is -0.827. The van der Waals surface area contributed by atoms with Gasteiger partial charge in [0.1, 0.15) is 0 Å². The van der Waals surface area contributed by atoms with E-state index in [4.69, 9.17) is 5.11 Å². The Morgan fingerprint density at radius 3 is 2.79 bits per heavy atom. The topological polar surface area (TPSA) is 55.1 Å². The van der Waals surface area contributed by atoms with Crippen LogP contribution in [0.4, 0.5) is 0 Å². The number of aromatic nitrogens is 2. The molecule has 2 rings (SSSR count). The van der Waals surface area contributed by atoms with Crippen LogP contribution in [0.3, 0.4) is 0 Å². The lowest BCUT2D eigenvalue weighted by molar-refractivity contribution is -0.133. The summed E-state index contributed by atoms with van der Waals surface area (Å²) >= 11 is 1.25. The largest absolute Gasteiger partial charge is 0.481 e. The maximum absolute atomic E-state index is 10.7. The fraction of sp³-hybridized carbons (Fsp3) is 0.286. The Kier molecular flexibility index (Phi) is 4.63. The minimum Gasteiger partial charge on any atom is -0.481 e. The fourth-order valence-corrected chi connectivity index (χ4v) is 2.77. The molecule has 1 N–H and O–H groups in total. The summed E-state index contributed by atoms with van der Waals surface area (Å²) in [7, 11) is 0. The Morgan fingerprint density at radius 2 is 2.16 bits per heavy atom. The van der Waals surface area contributed by atoms with Crippen molar-refractivity contribution in [2.24, 2.45) is 0 Å². The molecule has 1 atom stereocenters. The lowest BCUT2D eigenvalue weighted by atomic mass is 10.0. The summed E-state index contributed by atoms with van der Waals surface area (Å²) in [6.07, 6.45) is 4.56. The Morgan fingerprint density at radius 1 is 1.42 bits per heavy atom. The molecular weight excluding hydrogens is 260 g/mol. The summed E-state index contributed by atoms with van der Waals surface area (Å²) in [6, 6.07) is 10.4. The summed E-state index contributed by atoms with van der Waals surface area (Å²) in [4.78, 5) is 14.9. The van der Waals surface area contributed by atoms with Gasteiger partial charge in [0.15, 0.2) is 5.16 Å². The Hall–Kier alpha value is -1.75. The molecule has 4 nitrogen and oxygen atoms in total. The maximum Gasteiger partial charge on any atom is 0.313 e. The zero-order chi connectivity index (χ0) is 13.7. The summed E-state index contributed by atoms with van der Waals surface area (Å²) in [5.41, 5.74) is 1.21. The van der Waals surface area contributed by atoms with Gasteiger partial charge in [0, 0.05) is 12.4 Å². The first-order chi connectivity index (χ1) is 9.22. The Balaban J connectivity index is 2.24. The van der Waals surface area contributed by atoms with E-state index >= 15 is 0 Å². The van der Waals surface area contributed by atoms with Gasteiger partial charge in [0.25, 0.3) is 0 Å². The zero-order valence-corrected chi connectivity index (χ0v) is 11.5. The van der Waals surface area contributed by atoms with Gasteiger partial charge < -0.3 is 9.67 Å². The molecule has 2 aromatic rings. The van der Waals surface area contributed by atoms with Crippen LogP contribution in [0.15, 0.2) is 47.9 Å². The first-order valence-electron chi connectivity index (χ1n) is 6.14. The van der Waals surface area contributed by atoms with Gasteiger partial charge in [-0.3, -0.25) is 4.79 Å². The molecule has 100 valence electrons. The molecule has 0 aliphatic carbocycles. The third-order valence-corrected chi connectivity index (χ3v) is 3.83. The first-order valence-corrected chi connectivity index (χ1v) is 7.13. The monoisotopic (exact) mass is 276 g/mol. The molecular formula is C14H16N2O2S. The van der Waals surface area contributed by atoms with E-state index in [0.29, 0.717) is 0 Å². The third kappa shape index (κ3) is 3.38. The predicted molar refractivity (Wildman–Crippen MR) is 75.5 cm³/mol. The smallest absolute Gasteiger partial charge is 0.313 e. The average Bonchev–Trinajstić information content (AvgIpc) is 2.87. The number of nitrogens with zero attached hydrogens (tertiary/aromatic N) is 2. The molecule has 0 aliphatic heterocycles. The molecule has 19 heavy (non-hydrogen) atoms. The highest BCUT2D eigenvalue weighted by Gasteiger charge is 2.15. The number of benzene rings is 1. The van der Waals surface area contributed by atoms with Crippen molar-refractivity contribution in [2.45, 2.75) is 24.5 Å². The highest BCUT2D eigenvalue weighted by molar-refractivity contribution is 7.99. The second kappa shape index (κ2) is 6.43. The van der Waals surface area contributed by atoms with Crippen molar-refractivity contribution < 1.29 is 9.90 Å². The third-order valence-electron chi connectivity index (χ3n) is 2.86. The molecule has 1 aromatic carbocycles. The number of carbonyl (C=O) groups is 1. The Labute approximate surface area is 116 Å². The number of hydrogen-bond donors (Lipinski definition) is 1. The average molecular weight is 276 g/mol. The van der Waals surface area contributed by atoms with Crippen LogP contribution in [0.5, 0.6) is 0 Å². The summed E-state index contributed by atoms with van der Waals surface area (Å²) < 4.78 is 2.04. The molecule has 1 aromatic heterocycles. The molecule has 1 unspecified atom stereocenters. The van der Waals surface area contributed by atoms with Gasteiger partial charge in [-0.25, -0.2) is 4.98 Å². The van der Waals surface area contributed by atoms with Gasteiger partial charge >= 0.3 is 5.97 Å². The summed E-state index contributed by atoms with van der Waals surface area (Å²) in [5.74, 6) is -0.797. The molecule has 1 heterocycles. The molecule has 0 fully saturated rings. The maximum atomic E-state index is 10.7. The minimum absolute atomic E-state index is 0.0300. The van der Waals surface area contributed by atoms with Crippen LogP contribution < -0.4 is 0 Å². The van der Waals surface area contributed by atoms with E-state index in [0.717, 1.165) is 11.6 Å². The fourth-order valence-electron chi connectivity index (χ4n) is 2.04. The van der Waals surface area contributed by atoms with Gasteiger partial charge in [-0.1, -0.05) is 49.0 Å². The molecule has 0 saturated heterocycles. The van der Waals surface area contributed by atoms with Gasteiger partial charge in [-0.15, -0.1) is 0 Å². The normalized spacial score (nSPS) is 12.3. The van der Waals surface area contributed by atoms with Crippen LogP contribution in [-0.2, 0) is 4.79 Å². The number of carboxylic acid groups (broad SMARTS) is 1. The molecule has 0 saturated carbocycles. The van der Waals surface area contributed by atoms with Crippen molar-refractivity contribution in [2.75, 3.05) is 5.75 Å². The molecule has 0 aliphatic rings. The van der Waals surface area contributed by atoms with E-state index in [1.54, 1.807) is 6.20 Å². The van der Waals surface area contributed by atoms with E-state index in [9.17, 15) is 4.79 Å². The van der Waals surface area contributed by atoms with E-state index in [1.165, 1.54) is 17.3 Å². The van der Waals surface area contributed by atoms with Crippen LogP contribution in [-0.4, -0.2) is 26.4 Å². The van der Waals surface area contributed by atoms with Crippen molar-refractivity contribution in [3.05, 3.63) is 48.3 Å². The van der Waals surface area contributed by atoms with Gasteiger partial charge in [0.05, 0.1) is 11.8 Å². The van der Waals surface area contributed by atoms with Crippen molar-refractivity contribution in [3.63, 3.8) is 0 Å². The number of carboxylic acids is 1. The Bertz CT molecular complexity index is 539. The van der Waals surface area contributed by atoms with E-state index < -0.39 is 5.97 Å². The molecule has 0 radical (unpaired) electrons. The van der Waals surface area contributed by atoms with E-state index in [-0.39, 0.29) is 11.8 Å². The predicted octanol–water partition coefficient (Wildman–Crippen LogP) is 3.06. The molecule has 0 spiro atoms. The summed E-state index contributed by atoms with van der Waals surface area (Å²) in [5, 5.41) is 9.51. The van der Waals surface area contributed by atoms with Gasteiger partial charge in [-0.05, 0) is 12.0 Å². The first kappa shape index (κ1) is 13.7. The van der Waals surface area contributed by atoms with Crippen LogP contribution in [0.2, 0.25) is 0 Å². The van der Waals surface area contributed by atoms with E-state index in [1.807, 2.05) is 29.0 Å². The number of aliphatic carboxylic acids is 1. The second-order valence-electron chi connectivity index (χ2n) is 4.13. The van der Waals surface area contributed by atoms with Crippen LogP contribution in [0.1, 0.15) is 24.9 Å². The van der Waals surface area contributed by atoms with Crippen LogP contribution in [0.25, 0.3) is 0 Å². The highest BCUT2D eigenvalue weighted by atomic mass is 32.2. The lowest BCUT2D eigenvalue weighted by Crippen LogP contribution is -2.11. The number of hydrogen-bond acceptors (Lipinski definition) is 3. The standard InChI is InChI=1S/C14H16N2O2S/c1-2-12(11-6-4-3-5-7-11)16-9-8-15-14(16)19-10-13(17)18/h3-9,12H,2,10H2,1H3,(H,17,18). The SMILES string of the molecule is CCC(c1ccccc1)n1ccnc1SCC(=O)O. The van der Waals surface area contributed by atoms with Gasteiger partial charge in [-0.2, -0.15) is 0 Å². The van der Waals surface area contributed by atoms with E-state index in [2.05, 4.69) is 24.0 Å². The van der Waals surface area contributed by atoms with Crippen molar-refractivity contribution >= 4 is 17.7 Å². The van der Waals surface area contributed by atoms with Crippen molar-refractivity contribution in [3.8, 4) is 0 Å². The van der Waals surface area contributed by atoms with Crippen LogP contribution in [0, 0.1) is 0 Å². The lowest BCUT2D eigenvalue weighted by Gasteiger charge is -2.19. The molecule has 0 amide bonds. The number of thioether (sulfide) groups is 1. The van der Waals surface area contributed by atoms with Crippen molar-refractivity contribution in [1.29, 1.82) is 0 Å². The number of rotatable bonds is 6. The van der Waals surface area contributed by atoms with Gasteiger partial charge in [0.2, 0.25) is 0 Å². The molecule has 0 bridgehead atoms. The second-order valence-corrected chi connectivity index (χ2v) is 5.08. The number of imidazole rings is 1.